The molecule has 2 N–H and O–H groups in total. The number of thiazole rings is 1. The number of hydrogen-bond donors (Lipinski definition) is 2. The number of rotatable bonds is 6. The summed E-state index contributed by atoms with van der Waals surface area (Å²) in [5.74, 6) is 0.478. The number of nitrogens with one attached hydrogen (secondary N) is 1. The van der Waals surface area contributed by atoms with Crippen LogP contribution in [0.3, 0.4) is 0 Å². The van der Waals surface area contributed by atoms with Gasteiger partial charge in [0.05, 0.1) is 25.3 Å². The van der Waals surface area contributed by atoms with Gasteiger partial charge in [-0.1, -0.05) is 0 Å². The number of hydrogen-bond acceptors (Lipinski definition) is 5. The Morgan fingerprint density at radius 2 is 2.35 bits per heavy atom. The summed E-state index contributed by atoms with van der Waals surface area (Å²) in [4.78, 5) is 17.4. The van der Waals surface area contributed by atoms with Crippen molar-refractivity contribution < 1.29 is 14.6 Å². The van der Waals surface area contributed by atoms with E-state index in [0.717, 1.165) is 10.7 Å². The Balaban J connectivity index is 1.68. The normalized spacial score (nSPS) is 10.9. The number of carbonyl (C=O) groups excluding carboxylic acids is 1. The van der Waals surface area contributed by atoms with Gasteiger partial charge in [0.1, 0.15) is 5.75 Å². The van der Waals surface area contributed by atoms with Crippen LogP contribution in [-0.2, 0) is 17.8 Å². The summed E-state index contributed by atoms with van der Waals surface area (Å²) in [7, 11) is 0. The first-order valence-corrected chi connectivity index (χ1v) is 8.15. The highest BCUT2D eigenvalue weighted by Crippen LogP contribution is 2.23. The minimum Gasteiger partial charge on any atom is -0.494 e. The maximum atomic E-state index is 12.1. The van der Waals surface area contributed by atoms with Crippen molar-refractivity contribution in [2.24, 2.45) is 0 Å². The second-order valence-corrected chi connectivity index (χ2v) is 5.84. The van der Waals surface area contributed by atoms with E-state index < -0.39 is 0 Å². The van der Waals surface area contributed by atoms with Gasteiger partial charge in [0.15, 0.2) is 4.96 Å². The van der Waals surface area contributed by atoms with E-state index in [1.807, 2.05) is 29.1 Å². The fraction of sp³-hybridized carbons (Fsp3) is 0.250. The van der Waals surface area contributed by atoms with E-state index in [0.29, 0.717) is 23.6 Å². The van der Waals surface area contributed by atoms with Gasteiger partial charge in [-0.25, -0.2) is 4.98 Å². The lowest BCUT2D eigenvalue weighted by Gasteiger charge is -2.11. The number of aromatic nitrogens is 2. The van der Waals surface area contributed by atoms with Crippen molar-refractivity contribution in [3.8, 4) is 5.75 Å². The molecule has 0 spiro atoms. The fourth-order valence-electron chi connectivity index (χ4n) is 2.31. The van der Waals surface area contributed by atoms with Gasteiger partial charge in [-0.3, -0.25) is 9.20 Å². The third kappa shape index (κ3) is 3.52. The number of imidazole rings is 1. The summed E-state index contributed by atoms with van der Waals surface area (Å²) in [5, 5.41) is 14.2. The first-order chi connectivity index (χ1) is 11.2. The number of aliphatic hydroxyl groups excluding tert-OH is 1. The van der Waals surface area contributed by atoms with Crippen molar-refractivity contribution in [3.05, 3.63) is 47.2 Å². The molecule has 0 aliphatic rings. The summed E-state index contributed by atoms with van der Waals surface area (Å²) in [6, 6.07) is 5.22. The lowest BCUT2D eigenvalue weighted by molar-refractivity contribution is -0.115. The number of benzene rings is 1. The number of fused-ring (bicyclic) bond motifs is 1. The van der Waals surface area contributed by atoms with Crippen molar-refractivity contribution in [1.82, 2.24) is 9.38 Å². The van der Waals surface area contributed by atoms with E-state index in [1.54, 1.807) is 18.2 Å². The third-order valence-electron chi connectivity index (χ3n) is 3.30. The van der Waals surface area contributed by atoms with Gasteiger partial charge in [-0.05, 0) is 25.1 Å². The number of aliphatic hydroxyl groups is 1. The van der Waals surface area contributed by atoms with Crippen LogP contribution < -0.4 is 10.1 Å². The Kier molecular flexibility index (Phi) is 4.59. The maximum Gasteiger partial charge on any atom is 0.230 e. The molecule has 0 atom stereocenters. The van der Waals surface area contributed by atoms with Gasteiger partial charge in [0.25, 0.3) is 0 Å². The number of anilines is 1. The van der Waals surface area contributed by atoms with Crippen LogP contribution in [0.5, 0.6) is 5.75 Å². The smallest absolute Gasteiger partial charge is 0.230 e. The summed E-state index contributed by atoms with van der Waals surface area (Å²) in [6.45, 7) is 2.26. The molecule has 0 saturated carbocycles. The average Bonchev–Trinajstić information content (AvgIpc) is 3.10. The van der Waals surface area contributed by atoms with E-state index >= 15 is 0 Å². The van der Waals surface area contributed by atoms with Gasteiger partial charge in [0.2, 0.25) is 5.91 Å². The molecule has 1 amide bonds. The predicted molar refractivity (Wildman–Crippen MR) is 88.9 cm³/mol. The van der Waals surface area contributed by atoms with Crippen LogP contribution in [0, 0.1) is 0 Å². The summed E-state index contributed by atoms with van der Waals surface area (Å²) in [6.07, 6.45) is 3.97. The molecule has 23 heavy (non-hydrogen) atoms. The Morgan fingerprint density at radius 1 is 1.48 bits per heavy atom. The van der Waals surface area contributed by atoms with Crippen LogP contribution in [0.2, 0.25) is 0 Å². The fourth-order valence-corrected chi connectivity index (χ4v) is 3.03. The standard InChI is InChI=1S/C16H17N3O3S/c1-2-22-14-4-3-12(7-11(14)10-20)17-15(21)8-13-9-19-5-6-23-16(19)18-13/h3-7,9,20H,2,8,10H2,1H3,(H,17,21). The molecule has 2 heterocycles. The molecule has 3 rings (SSSR count). The summed E-state index contributed by atoms with van der Waals surface area (Å²) >= 11 is 1.53. The number of carbonyl (C=O) groups is 1. The monoisotopic (exact) mass is 331 g/mol. The Bertz CT molecular complexity index is 796. The highest BCUT2D eigenvalue weighted by atomic mass is 32.1. The Labute approximate surface area is 137 Å². The Morgan fingerprint density at radius 3 is 3.09 bits per heavy atom. The SMILES string of the molecule is CCOc1ccc(NC(=O)Cc2cn3ccsc3n2)cc1CO. The van der Waals surface area contributed by atoms with Gasteiger partial charge in [0, 0.05) is 29.0 Å². The van der Waals surface area contributed by atoms with E-state index in [2.05, 4.69) is 10.3 Å². The summed E-state index contributed by atoms with van der Waals surface area (Å²) < 4.78 is 7.32. The molecule has 0 aliphatic heterocycles. The van der Waals surface area contributed by atoms with Crippen LogP contribution in [0.1, 0.15) is 18.2 Å². The molecule has 0 saturated heterocycles. The topological polar surface area (TPSA) is 75.9 Å². The highest BCUT2D eigenvalue weighted by Gasteiger charge is 2.10. The quantitative estimate of drug-likeness (QED) is 0.727. The van der Waals surface area contributed by atoms with Gasteiger partial charge >= 0.3 is 0 Å². The van der Waals surface area contributed by atoms with Crippen LogP contribution in [-0.4, -0.2) is 27.0 Å². The van der Waals surface area contributed by atoms with Crippen molar-refractivity contribution in [2.75, 3.05) is 11.9 Å². The molecule has 2 aromatic heterocycles. The minimum atomic E-state index is -0.149. The van der Waals surface area contributed by atoms with Crippen molar-refractivity contribution in [1.29, 1.82) is 0 Å². The second kappa shape index (κ2) is 6.80. The van der Waals surface area contributed by atoms with Crippen molar-refractivity contribution in [3.63, 3.8) is 0 Å². The lowest BCUT2D eigenvalue weighted by Crippen LogP contribution is -2.15. The molecule has 7 heteroatoms. The minimum absolute atomic E-state index is 0.142. The van der Waals surface area contributed by atoms with Crippen molar-refractivity contribution in [2.45, 2.75) is 20.0 Å². The second-order valence-electron chi connectivity index (χ2n) is 4.96. The molecular formula is C16H17N3O3S. The molecule has 0 unspecified atom stereocenters. The van der Waals surface area contributed by atoms with Crippen molar-refractivity contribution >= 4 is 27.9 Å². The van der Waals surface area contributed by atoms with E-state index in [9.17, 15) is 9.90 Å². The largest absolute Gasteiger partial charge is 0.494 e. The zero-order valence-electron chi connectivity index (χ0n) is 12.7. The molecule has 1 aromatic carbocycles. The van der Waals surface area contributed by atoms with E-state index in [4.69, 9.17) is 4.74 Å². The molecule has 120 valence electrons. The molecule has 0 radical (unpaired) electrons. The van der Waals surface area contributed by atoms with Crippen LogP contribution in [0.4, 0.5) is 5.69 Å². The first kappa shape index (κ1) is 15.5. The number of ether oxygens (including phenoxy) is 1. The van der Waals surface area contributed by atoms with Crippen LogP contribution >= 0.6 is 11.3 Å². The molecule has 0 bridgehead atoms. The maximum absolute atomic E-state index is 12.1. The molecule has 0 aliphatic carbocycles. The zero-order chi connectivity index (χ0) is 16.2. The van der Waals surface area contributed by atoms with Gasteiger partial charge < -0.3 is 15.2 Å². The molecule has 6 nitrogen and oxygen atoms in total. The number of nitrogens with zero attached hydrogens (tertiary/aromatic N) is 2. The molecular weight excluding hydrogens is 314 g/mol. The van der Waals surface area contributed by atoms with Gasteiger partial charge in [-0.2, -0.15) is 0 Å². The van der Waals surface area contributed by atoms with E-state index in [-0.39, 0.29) is 18.9 Å². The average molecular weight is 331 g/mol. The Hall–Kier alpha value is -2.38. The van der Waals surface area contributed by atoms with Gasteiger partial charge in [-0.15, -0.1) is 11.3 Å². The molecule has 0 fully saturated rings. The lowest BCUT2D eigenvalue weighted by atomic mass is 10.2. The third-order valence-corrected chi connectivity index (χ3v) is 4.07. The molecule has 3 aromatic rings. The van der Waals surface area contributed by atoms with Crippen LogP contribution in [0.15, 0.2) is 36.0 Å². The first-order valence-electron chi connectivity index (χ1n) is 7.27. The number of amides is 1. The highest BCUT2D eigenvalue weighted by molar-refractivity contribution is 7.15. The zero-order valence-corrected chi connectivity index (χ0v) is 13.5. The van der Waals surface area contributed by atoms with Crippen LogP contribution in [0.25, 0.3) is 4.96 Å². The van der Waals surface area contributed by atoms with E-state index in [1.165, 1.54) is 11.3 Å². The summed E-state index contributed by atoms with van der Waals surface area (Å²) in [5.41, 5.74) is 2.00. The predicted octanol–water partition coefficient (Wildman–Crippen LogP) is 2.47.